The van der Waals surface area contributed by atoms with E-state index in [1.54, 1.807) is 13.8 Å². The molecule has 0 radical (unpaired) electrons. The number of fused-ring (bicyclic) bond motifs is 1. The van der Waals surface area contributed by atoms with Crippen molar-refractivity contribution in [3.8, 4) is 5.69 Å². The first-order valence-corrected chi connectivity index (χ1v) is 7.97. The average Bonchev–Trinajstić information content (AvgIpc) is 2.95. The van der Waals surface area contributed by atoms with E-state index in [2.05, 4.69) is 20.5 Å². The number of aryl methyl sites for hydroxylation is 1. The number of nitrogens with one attached hydrogen (secondary N) is 2. The number of nitrogens with zero attached hydrogens (tertiary/aromatic N) is 3. The summed E-state index contributed by atoms with van der Waals surface area (Å²) >= 11 is 12.3. The van der Waals surface area contributed by atoms with Gasteiger partial charge in [-0.2, -0.15) is 5.10 Å². The summed E-state index contributed by atoms with van der Waals surface area (Å²) < 4.78 is 1.28. The fourth-order valence-corrected chi connectivity index (χ4v) is 3.01. The molecule has 8 nitrogen and oxygen atoms in total. The van der Waals surface area contributed by atoms with Gasteiger partial charge in [0.25, 0.3) is 5.56 Å². The number of benzene rings is 1. The molecular formula is C15H13Cl2N5O3. The monoisotopic (exact) mass is 381 g/mol. The molecular weight excluding hydrogens is 369 g/mol. The van der Waals surface area contributed by atoms with Crippen molar-refractivity contribution in [1.29, 1.82) is 0 Å². The van der Waals surface area contributed by atoms with Gasteiger partial charge in [0, 0.05) is 0 Å². The summed E-state index contributed by atoms with van der Waals surface area (Å²) in [4.78, 5) is 28.6. The Morgan fingerprint density at radius 1 is 1.36 bits per heavy atom. The Labute approximate surface area is 151 Å². The number of hydrogen-bond donors (Lipinski definition) is 3. The van der Waals surface area contributed by atoms with Crippen LogP contribution in [0.1, 0.15) is 24.5 Å². The van der Waals surface area contributed by atoms with Gasteiger partial charge in [0.1, 0.15) is 5.82 Å². The predicted octanol–water partition coefficient (Wildman–Crippen LogP) is 3.05. The first-order valence-electron chi connectivity index (χ1n) is 7.21. The van der Waals surface area contributed by atoms with Crippen LogP contribution >= 0.6 is 23.2 Å². The molecule has 0 spiro atoms. The molecule has 2 heterocycles. The third-order valence-corrected chi connectivity index (χ3v) is 4.34. The van der Waals surface area contributed by atoms with Crippen molar-refractivity contribution in [2.75, 3.05) is 0 Å². The Hall–Kier alpha value is -2.58. The highest BCUT2D eigenvalue weighted by Gasteiger charge is 2.23. The van der Waals surface area contributed by atoms with Crippen molar-refractivity contribution in [3.05, 3.63) is 50.2 Å². The van der Waals surface area contributed by atoms with Crippen molar-refractivity contribution in [1.82, 2.24) is 25.1 Å². The highest BCUT2D eigenvalue weighted by Crippen LogP contribution is 2.28. The van der Waals surface area contributed by atoms with Crippen LogP contribution in [0.25, 0.3) is 16.6 Å². The molecule has 0 bridgehead atoms. The summed E-state index contributed by atoms with van der Waals surface area (Å²) in [5, 5.41) is 18.6. The molecule has 3 rings (SSSR count). The van der Waals surface area contributed by atoms with Crippen LogP contribution in [0.5, 0.6) is 0 Å². The molecule has 1 atom stereocenters. The lowest BCUT2D eigenvalue weighted by atomic mass is 10.2. The quantitative estimate of drug-likeness (QED) is 0.645. The zero-order chi connectivity index (χ0) is 18.3. The van der Waals surface area contributed by atoms with Gasteiger partial charge in [-0.25, -0.2) is 9.78 Å². The van der Waals surface area contributed by atoms with Crippen molar-refractivity contribution < 1.29 is 9.90 Å². The highest BCUT2D eigenvalue weighted by atomic mass is 35.5. The summed E-state index contributed by atoms with van der Waals surface area (Å²) in [5.41, 5.74) is 0.816. The first kappa shape index (κ1) is 17.2. The molecule has 2 aromatic heterocycles. The number of rotatable bonds is 3. The van der Waals surface area contributed by atoms with Gasteiger partial charge in [0.2, 0.25) is 0 Å². The van der Waals surface area contributed by atoms with Gasteiger partial charge in [-0.15, -0.1) is 0 Å². The number of halogens is 2. The summed E-state index contributed by atoms with van der Waals surface area (Å²) in [6, 6.07) is 2.27. The molecule has 0 aliphatic carbocycles. The van der Waals surface area contributed by atoms with E-state index in [1.807, 2.05) is 0 Å². The minimum absolute atomic E-state index is 0.154. The molecule has 3 aromatic rings. The molecule has 0 saturated carbocycles. The van der Waals surface area contributed by atoms with E-state index in [1.165, 1.54) is 22.9 Å². The summed E-state index contributed by atoms with van der Waals surface area (Å²) in [7, 11) is 0. The average molecular weight is 382 g/mol. The topological polar surface area (TPSA) is 113 Å². The zero-order valence-electron chi connectivity index (χ0n) is 13.2. The van der Waals surface area contributed by atoms with E-state index >= 15 is 0 Å². The third-order valence-electron chi connectivity index (χ3n) is 3.72. The Bertz CT molecular complexity index is 1040. The second kappa shape index (κ2) is 6.38. The van der Waals surface area contributed by atoms with Gasteiger partial charge >= 0.3 is 6.09 Å². The maximum Gasteiger partial charge on any atom is 0.405 e. The number of amides is 1. The molecule has 0 saturated heterocycles. The second-order valence-electron chi connectivity index (χ2n) is 5.41. The number of carboxylic acid groups (broad SMARTS) is 1. The third kappa shape index (κ3) is 2.94. The fraction of sp³-hybridized carbons (Fsp3) is 0.200. The van der Waals surface area contributed by atoms with Gasteiger partial charge < -0.3 is 10.4 Å². The van der Waals surface area contributed by atoms with Crippen molar-refractivity contribution in [2.45, 2.75) is 19.9 Å². The Morgan fingerprint density at radius 3 is 2.64 bits per heavy atom. The zero-order valence-corrected chi connectivity index (χ0v) is 14.7. The number of aromatic nitrogens is 4. The molecule has 130 valence electrons. The smallest absolute Gasteiger partial charge is 0.405 e. The predicted molar refractivity (Wildman–Crippen MR) is 93.8 cm³/mol. The summed E-state index contributed by atoms with van der Waals surface area (Å²) in [6.45, 7) is 3.31. The minimum atomic E-state index is -1.24. The van der Waals surface area contributed by atoms with Crippen LogP contribution in [-0.4, -0.2) is 30.9 Å². The van der Waals surface area contributed by atoms with Crippen LogP contribution in [0.3, 0.4) is 0 Å². The Morgan fingerprint density at radius 2 is 2.04 bits per heavy atom. The van der Waals surface area contributed by atoms with Gasteiger partial charge in [0.05, 0.1) is 44.6 Å². The molecule has 3 N–H and O–H groups in total. The molecule has 0 fully saturated rings. The molecule has 10 heteroatoms. The molecule has 0 aliphatic rings. The van der Waals surface area contributed by atoms with Crippen LogP contribution in [0.4, 0.5) is 4.79 Å². The lowest BCUT2D eigenvalue weighted by Crippen LogP contribution is -2.32. The molecule has 0 aliphatic heterocycles. The van der Waals surface area contributed by atoms with Gasteiger partial charge in [-0.1, -0.05) is 23.2 Å². The summed E-state index contributed by atoms with van der Waals surface area (Å²) in [5.74, 6) is 0.175. The molecule has 1 amide bonds. The Kier molecular flexibility index (Phi) is 4.40. The first-order chi connectivity index (χ1) is 11.8. The van der Waals surface area contributed by atoms with E-state index in [0.29, 0.717) is 11.4 Å². The lowest BCUT2D eigenvalue weighted by molar-refractivity contribution is 0.190. The van der Waals surface area contributed by atoms with Crippen LogP contribution in [0.2, 0.25) is 10.0 Å². The van der Waals surface area contributed by atoms with Gasteiger partial charge in [-0.05, 0) is 26.0 Å². The van der Waals surface area contributed by atoms with E-state index in [4.69, 9.17) is 28.3 Å². The van der Waals surface area contributed by atoms with Crippen molar-refractivity contribution >= 4 is 40.2 Å². The van der Waals surface area contributed by atoms with Crippen LogP contribution in [0, 0.1) is 6.92 Å². The van der Waals surface area contributed by atoms with E-state index in [9.17, 15) is 9.59 Å². The molecule has 25 heavy (non-hydrogen) atoms. The Balaban J connectivity index is 2.44. The van der Waals surface area contributed by atoms with Gasteiger partial charge in [0.15, 0.2) is 0 Å². The second-order valence-corrected chi connectivity index (χ2v) is 6.23. The lowest BCUT2D eigenvalue weighted by Gasteiger charge is -2.18. The fourth-order valence-electron chi connectivity index (χ4n) is 2.58. The van der Waals surface area contributed by atoms with E-state index in [-0.39, 0.29) is 26.8 Å². The number of aromatic amines is 1. The maximum atomic E-state index is 13.1. The van der Waals surface area contributed by atoms with Gasteiger partial charge in [-0.3, -0.25) is 14.5 Å². The molecule has 1 unspecified atom stereocenters. The normalized spacial score (nSPS) is 12.3. The van der Waals surface area contributed by atoms with Crippen molar-refractivity contribution in [3.63, 3.8) is 0 Å². The van der Waals surface area contributed by atoms with E-state index in [0.717, 1.165) is 0 Å². The number of hydrogen-bond acceptors (Lipinski definition) is 4. The van der Waals surface area contributed by atoms with Crippen LogP contribution in [0.15, 0.2) is 23.1 Å². The van der Waals surface area contributed by atoms with Crippen molar-refractivity contribution in [2.24, 2.45) is 0 Å². The maximum absolute atomic E-state index is 13.1. The van der Waals surface area contributed by atoms with E-state index < -0.39 is 17.7 Å². The summed E-state index contributed by atoms with van der Waals surface area (Å²) in [6.07, 6.45) is 0.217. The SMILES string of the molecule is Cc1[nH]ncc1-n1c(C(C)NC(=O)O)nc2c(Cl)ccc(Cl)c2c1=O. The largest absolute Gasteiger partial charge is 0.465 e. The standard InChI is InChI=1S/C15H13Cl2N5O3/c1-6-10(5-18-21-6)22-13(7(2)19-15(24)25)20-12-9(17)4-3-8(16)11(12)14(22)23/h3-5,7,19H,1-2H3,(H,18,21)(H,24,25). The highest BCUT2D eigenvalue weighted by molar-refractivity contribution is 6.39. The van der Waals surface area contributed by atoms with Crippen LogP contribution < -0.4 is 10.9 Å². The number of H-pyrrole nitrogens is 1. The molecule has 1 aromatic carbocycles. The van der Waals surface area contributed by atoms with Crippen LogP contribution in [-0.2, 0) is 0 Å². The minimum Gasteiger partial charge on any atom is -0.465 e. The number of carbonyl (C=O) groups is 1.